The molecule has 0 bridgehead atoms. The van der Waals surface area contributed by atoms with Crippen LogP contribution in [-0.2, 0) is 19.1 Å². The molecular weight excluding hydrogens is 244 g/mol. The molecule has 0 heterocycles. The lowest BCUT2D eigenvalue weighted by atomic mass is 10.2. The standard InChI is InChI=1S/C15H28O4/c1-4-5-6-7-8-11-18-14(16)9-10-15(17)19-12-13(2)3/h13H,4-12H2,1-3H3. The lowest BCUT2D eigenvalue weighted by Gasteiger charge is -2.07. The average molecular weight is 272 g/mol. The van der Waals surface area contributed by atoms with Crippen LogP contribution in [0.15, 0.2) is 0 Å². The van der Waals surface area contributed by atoms with Crippen molar-refractivity contribution in [3.63, 3.8) is 0 Å². The summed E-state index contributed by atoms with van der Waals surface area (Å²) < 4.78 is 10.0. The number of ether oxygens (including phenoxy) is 2. The van der Waals surface area contributed by atoms with Gasteiger partial charge in [0.25, 0.3) is 0 Å². The molecule has 0 saturated carbocycles. The molecule has 0 amide bonds. The summed E-state index contributed by atoms with van der Waals surface area (Å²) in [5.74, 6) is -0.315. The van der Waals surface area contributed by atoms with Crippen molar-refractivity contribution in [1.29, 1.82) is 0 Å². The van der Waals surface area contributed by atoms with Crippen LogP contribution < -0.4 is 0 Å². The molecule has 0 unspecified atom stereocenters. The third kappa shape index (κ3) is 13.2. The fraction of sp³-hybridized carbons (Fsp3) is 0.867. The lowest BCUT2D eigenvalue weighted by Crippen LogP contribution is -2.13. The number of unbranched alkanes of at least 4 members (excludes halogenated alkanes) is 4. The first-order valence-corrected chi connectivity index (χ1v) is 7.37. The number of carbonyl (C=O) groups excluding carboxylic acids is 2. The second-order valence-corrected chi connectivity index (χ2v) is 5.21. The highest BCUT2D eigenvalue weighted by Gasteiger charge is 2.09. The zero-order valence-corrected chi connectivity index (χ0v) is 12.6. The van der Waals surface area contributed by atoms with Gasteiger partial charge in [-0.25, -0.2) is 0 Å². The molecule has 4 heteroatoms. The minimum absolute atomic E-state index is 0.112. The molecule has 0 fully saturated rings. The van der Waals surface area contributed by atoms with E-state index >= 15 is 0 Å². The zero-order chi connectivity index (χ0) is 14.5. The Morgan fingerprint density at radius 3 is 2.05 bits per heavy atom. The van der Waals surface area contributed by atoms with Gasteiger partial charge in [0.05, 0.1) is 26.1 Å². The molecule has 0 aliphatic rings. The van der Waals surface area contributed by atoms with Crippen LogP contribution in [0.1, 0.15) is 65.7 Å². The summed E-state index contributed by atoms with van der Waals surface area (Å²) in [4.78, 5) is 22.6. The van der Waals surface area contributed by atoms with Gasteiger partial charge in [-0.3, -0.25) is 9.59 Å². The van der Waals surface area contributed by atoms with Crippen LogP contribution in [0.3, 0.4) is 0 Å². The Morgan fingerprint density at radius 1 is 0.895 bits per heavy atom. The van der Waals surface area contributed by atoms with Crippen molar-refractivity contribution in [2.45, 2.75) is 65.7 Å². The Labute approximate surface area is 116 Å². The highest BCUT2D eigenvalue weighted by atomic mass is 16.5. The fourth-order valence-corrected chi connectivity index (χ4v) is 1.50. The lowest BCUT2D eigenvalue weighted by molar-refractivity contribution is -0.151. The molecule has 0 aromatic heterocycles. The van der Waals surface area contributed by atoms with E-state index < -0.39 is 0 Å². The Bertz CT molecular complexity index is 249. The largest absolute Gasteiger partial charge is 0.466 e. The van der Waals surface area contributed by atoms with Crippen molar-refractivity contribution in [1.82, 2.24) is 0 Å². The molecule has 0 atom stereocenters. The topological polar surface area (TPSA) is 52.6 Å². The number of carbonyl (C=O) groups is 2. The van der Waals surface area contributed by atoms with E-state index in [2.05, 4.69) is 6.92 Å². The van der Waals surface area contributed by atoms with Gasteiger partial charge in [0.2, 0.25) is 0 Å². The molecule has 0 aliphatic carbocycles. The van der Waals surface area contributed by atoms with E-state index in [9.17, 15) is 9.59 Å². The monoisotopic (exact) mass is 272 g/mol. The smallest absolute Gasteiger partial charge is 0.306 e. The second kappa shape index (κ2) is 12.0. The van der Waals surface area contributed by atoms with E-state index in [0.29, 0.717) is 19.1 Å². The molecule has 0 spiro atoms. The maximum Gasteiger partial charge on any atom is 0.306 e. The Hall–Kier alpha value is -1.06. The molecule has 112 valence electrons. The molecule has 0 saturated heterocycles. The Kier molecular flexibility index (Phi) is 11.3. The number of rotatable bonds is 11. The number of esters is 2. The molecular formula is C15H28O4. The van der Waals surface area contributed by atoms with E-state index in [0.717, 1.165) is 12.8 Å². The first kappa shape index (κ1) is 17.9. The fourth-order valence-electron chi connectivity index (χ4n) is 1.50. The Balaban J connectivity index is 3.41. The van der Waals surface area contributed by atoms with Gasteiger partial charge in [0.15, 0.2) is 0 Å². The zero-order valence-electron chi connectivity index (χ0n) is 12.6. The van der Waals surface area contributed by atoms with E-state index in [1.54, 1.807) is 0 Å². The van der Waals surface area contributed by atoms with E-state index in [-0.39, 0.29) is 24.8 Å². The van der Waals surface area contributed by atoms with E-state index in [1.807, 2.05) is 13.8 Å². The van der Waals surface area contributed by atoms with Gasteiger partial charge in [0, 0.05) is 0 Å². The van der Waals surface area contributed by atoms with E-state index in [4.69, 9.17) is 9.47 Å². The maximum atomic E-state index is 11.3. The minimum atomic E-state index is -0.325. The highest BCUT2D eigenvalue weighted by Crippen LogP contribution is 2.04. The minimum Gasteiger partial charge on any atom is -0.466 e. The third-order valence-corrected chi connectivity index (χ3v) is 2.62. The van der Waals surface area contributed by atoms with Gasteiger partial charge in [-0.05, 0) is 12.3 Å². The van der Waals surface area contributed by atoms with Crippen molar-refractivity contribution in [3.8, 4) is 0 Å². The van der Waals surface area contributed by atoms with Crippen molar-refractivity contribution in [2.24, 2.45) is 5.92 Å². The molecule has 0 rings (SSSR count). The van der Waals surface area contributed by atoms with E-state index in [1.165, 1.54) is 19.3 Å². The first-order chi connectivity index (χ1) is 9.06. The predicted octanol–water partition coefficient (Wildman–Crippen LogP) is 3.48. The van der Waals surface area contributed by atoms with Gasteiger partial charge in [-0.15, -0.1) is 0 Å². The average Bonchev–Trinajstić information content (AvgIpc) is 2.38. The number of hydrogen-bond acceptors (Lipinski definition) is 4. The van der Waals surface area contributed by atoms with Crippen molar-refractivity contribution < 1.29 is 19.1 Å². The van der Waals surface area contributed by atoms with Gasteiger partial charge in [0.1, 0.15) is 0 Å². The summed E-state index contributed by atoms with van der Waals surface area (Å²) in [5, 5.41) is 0. The summed E-state index contributed by atoms with van der Waals surface area (Å²) >= 11 is 0. The van der Waals surface area contributed by atoms with Crippen LogP contribution in [0, 0.1) is 5.92 Å². The van der Waals surface area contributed by atoms with Crippen molar-refractivity contribution >= 4 is 11.9 Å². The molecule has 0 radical (unpaired) electrons. The van der Waals surface area contributed by atoms with Crippen LogP contribution in [0.5, 0.6) is 0 Å². The molecule has 4 nitrogen and oxygen atoms in total. The summed E-state index contributed by atoms with van der Waals surface area (Å²) in [6.45, 7) is 6.98. The normalized spacial score (nSPS) is 10.5. The summed E-state index contributed by atoms with van der Waals surface area (Å²) in [5.41, 5.74) is 0. The van der Waals surface area contributed by atoms with Crippen LogP contribution in [-0.4, -0.2) is 25.2 Å². The molecule has 0 aliphatic heterocycles. The molecule has 0 aromatic rings. The van der Waals surface area contributed by atoms with Crippen LogP contribution in [0.4, 0.5) is 0 Å². The maximum absolute atomic E-state index is 11.3. The highest BCUT2D eigenvalue weighted by molar-refractivity contribution is 5.77. The number of hydrogen-bond donors (Lipinski definition) is 0. The summed E-state index contributed by atoms with van der Waals surface area (Å²) in [7, 11) is 0. The van der Waals surface area contributed by atoms with Gasteiger partial charge in [-0.2, -0.15) is 0 Å². The second-order valence-electron chi connectivity index (χ2n) is 5.21. The van der Waals surface area contributed by atoms with Crippen LogP contribution in [0.25, 0.3) is 0 Å². The van der Waals surface area contributed by atoms with Crippen LogP contribution in [0.2, 0.25) is 0 Å². The van der Waals surface area contributed by atoms with Crippen molar-refractivity contribution in [3.05, 3.63) is 0 Å². The molecule has 19 heavy (non-hydrogen) atoms. The Morgan fingerprint density at radius 2 is 1.47 bits per heavy atom. The SMILES string of the molecule is CCCCCCCOC(=O)CCC(=O)OCC(C)C. The molecule has 0 aromatic carbocycles. The molecule has 0 N–H and O–H groups in total. The predicted molar refractivity (Wildman–Crippen MR) is 74.7 cm³/mol. The van der Waals surface area contributed by atoms with Gasteiger partial charge in [-0.1, -0.05) is 46.5 Å². The van der Waals surface area contributed by atoms with Crippen LogP contribution >= 0.6 is 0 Å². The summed E-state index contributed by atoms with van der Waals surface area (Å²) in [6.07, 6.45) is 5.86. The quantitative estimate of drug-likeness (QED) is 0.427. The van der Waals surface area contributed by atoms with Crippen molar-refractivity contribution in [2.75, 3.05) is 13.2 Å². The summed E-state index contributed by atoms with van der Waals surface area (Å²) in [6, 6.07) is 0. The third-order valence-electron chi connectivity index (χ3n) is 2.62. The van der Waals surface area contributed by atoms with Gasteiger partial charge >= 0.3 is 11.9 Å². The van der Waals surface area contributed by atoms with Gasteiger partial charge < -0.3 is 9.47 Å². The first-order valence-electron chi connectivity index (χ1n) is 7.37.